The number of hydrogen-bond acceptors (Lipinski definition) is 4. The average molecular weight is 441 g/mol. The van der Waals surface area contributed by atoms with Gasteiger partial charge in [-0.1, -0.05) is 35.9 Å². The molecule has 0 unspecified atom stereocenters. The van der Waals surface area contributed by atoms with Gasteiger partial charge in [-0.3, -0.25) is 0 Å². The van der Waals surface area contributed by atoms with Crippen molar-refractivity contribution in [1.82, 2.24) is 19.4 Å². The zero-order valence-electron chi connectivity index (χ0n) is 18.5. The van der Waals surface area contributed by atoms with Gasteiger partial charge in [0, 0.05) is 39.1 Å². The third kappa shape index (κ3) is 6.00. The third-order valence-electron chi connectivity index (χ3n) is 6.07. The van der Waals surface area contributed by atoms with Crippen LogP contribution >= 0.6 is 11.6 Å². The van der Waals surface area contributed by atoms with Crippen molar-refractivity contribution < 1.29 is 4.74 Å². The molecule has 4 rings (SSSR count). The predicted octanol–water partition coefficient (Wildman–Crippen LogP) is 4.73. The van der Waals surface area contributed by atoms with E-state index < -0.39 is 0 Å². The highest BCUT2D eigenvalue weighted by Crippen LogP contribution is 2.23. The molecule has 1 fully saturated rings. The molecular formula is C25H33ClN4O. The number of halogens is 1. The van der Waals surface area contributed by atoms with Crippen molar-refractivity contribution in [2.24, 2.45) is 0 Å². The average Bonchev–Trinajstić information content (AvgIpc) is 3.13. The van der Waals surface area contributed by atoms with E-state index in [4.69, 9.17) is 21.3 Å². The molecule has 2 aromatic carbocycles. The molecule has 0 saturated carbocycles. The van der Waals surface area contributed by atoms with Crippen LogP contribution in [0.3, 0.4) is 0 Å². The molecule has 0 bridgehead atoms. The summed E-state index contributed by atoms with van der Waals surface area (Å²) in [7, 11) is 2.21. The number of nitrogens with zero attached hydrogens (tertiary/aromatic N) is 4. The second-order valence-corrected chi connectivity index (χ2v) is 8.81. The summed E-state index contributed by atoms with van der Waals surface area (Å²) < 4.78 is 8.26. The summed E-state index contributed by atoms with van der Waals surface area (Å²) in [5, 5.41) is 0.672. The van der Waals surface area contributed by atoms with Crippen LogP contribution in [-0.2, 0) is 13.0 Å². The number of unbranched alkanes of at least 4 members (excludes halogenated alkanes) is 1. The largest absolute Gasteiger partial charge is 0.492 e. The first-order valence-electron chi connectivity index (χ1n) is 11.4. The Kier molecular flexibility index (Phi) is 7.84. The maximum absolute atomic E-state index is 6.17. The molecule has 0 radical (unpaired) electrons. The van der Waals surface area contributed by atoms with E-state index in [1.165, 1.54) is 37.5 Å². The van der Waals surface area contributed by atoms with Crippen LogP contribution in [0.4, 0.5) is 0 Å². The van der Waals surface area contributed by atoms with Gasteiger partial charge in [-0.15, -0.1) is 0 Å². The summed E-state index contributed by atoms with van der Waals surface area (Å²) in [5.74, 6) is 1.98. The van der Waals surface area contributed by atoms with Gasteiger partial charge in [0.25, 0.3) is 0 Å². The zero-order valence-corrected chi connectivity index (χ0v) is 19.2. The van der Waals surface area contributed by atoms with Gasteiger partial charge in [-0.25, -0.2) is 4.98 Å². The van der Waals surface area contributed by atoms with Gasteiger partial charge in [0.15, 0.2) is 0 Å². The lowest BCUT2D eigenvalue weighted by Gasteiger charge is -2.32. The number of hydrogen-bond donors (Lipinski definition) is 0. The normalized spacial score (nSPS) is 15.5. The van der Waals surface area contributed by atoms with Crippen molar-refractivity contribution in [3.05, 3.63) is 59.4 Å². The minimum atomic E-state index is 0.672. The van der Waals surface area contributed by atoms with Gasteiger partial charge >= 0.3 is 0 Å². The number of aryl methyl sites for hydroxylation is 2. The number of likely N-dealkylation sites (N-methyl/N-ethyl adjacent to an activating group) is 1. The molecule has 1 aliphatic rings. The van der Waals surface area contributed by atoms with E-state index in [1.807, 2.05) is 24.3 Å². The molecule has 166 valence electrons. The molecule has 2 heterocycles. The maximum Gasteiger partial charge on any atom is 0.137 e. The number of piperazine rings is 1. The maximum atomic E-state index is 6.17. The molecule has 0 atom stereocenters. The van der Waals surface area contributed by atoms with Gasteiger partial charge in [0.05, 0.1) is 22.7 Å². The van der Waals surface area contributed by atoms with Crippen molar-refractivity contribution in [2.75, 3.05) is 46.4 Å². The van der Waals surface area contributed by atoms with Crippen molar-refractivity contribution in [3.8, 4) is 5.75 Å². The Hall–Kier alpha value is -2.08. The summed E-state index contributed by atoms with van der Waals surface area (Å²) in [6.07, 6.45) is 4.22. The van der Waals surface area contributed by atoms with Crippen molar-refractivity contribution in [2.45, 2.75) is 32.2 Å². The van der Waals surface area contributed by atoms with E-state index in [0.29, 0.717) is 11.6 Å². The molecule has 31 heavy (non-hydrogen) atoms. The fourth-order valence-corrected chi connectivity index (χ4v) is 4.40. The second kappa shape index (κ2) is 11.0. The molecule has 0 spiro atoms. The zero-order chi connectivity index (χ0) is 21.5. The molecule has 6 heteroatoms. The fourth-order valence-electron chi connectivity index (χ4n) is 4.21. The summed E-state index contributed by atoms with van der Waals surface area (Å²) in [6.45, 7) is 7.51. The van der Waals surface area contributed by atoms with Gasteiger partial charge < -0.3 is 19.1 Å². The SMILES string of the molecule is CN1CCN(CCCc2nc3ccccc3n2CCCCOc2ccccc2Cl)CC1. The number of aromatic nitrogens is 2. The number of imidazole rings is 1. The first kappa shape index (κ1) is 22.1. The molecular weight excluding hydrogens is 408 g/mol. The Bertz CT molecular complexity index is 965. The van der Waals surface area contributed by atoms with E-state index >= 15 is 0 Å². The van der Waals surface area contributed by atoms with Crippen LogP contribution in [0.1, 0.15) is 25.1 Å². The van der Waals surface area contributed by atoms with Crippen LogP contribution in [0, 0.1) is 0 Å². The Morgan fingerprint density at radius 3 is 2.52 bits per heavy atom. The van der Waals surface area contributed by atoms with Gasteiger partial charge in [0.2, 0.25) is 0 Å². The highest BCUT2D eigenvalue weighted by atomic mass is 35.5. The minimum Gasteiger partial charge on any atom is -0.492 e. The molecule has 1 aromatic heterocycles. The predicted molar refractivity (Wildman–Crippen MR) is 128 cm³/mol. The fraction of sp³-hybridized carbons (Fsp3) is 0.480. The first-order valence-corrected chi connectivity index (χ1v) is 11.8. The van der Waals surface area contributed by atoms with E-state index in [-0.39, 0.29) is 0 Å². The lowest BCUT2D eigenvalue weighted by molar-refractivity contribution is 0.152. The third-order valence-corrected chi connectivity index (χ3v) is 6.39. The topological polar surface area (TPSA) is 33.5 Å². The summed E-state index contributed by atoms with van der Waals surface area (Å²) in [4.78, 5) is 9.94. The molecule has 0 amide bonds. The van der Waals surface area contributed by atoms with E-state index in [9.17, 15) is 0 Å². The Labute approximate surface area is 190 Å². The highest BCUT2D eigenvalue weighted by molar-refractivity contribution is 6.32. The Morgan fingerprint density at radius 1 is 0.903 bits per heavy atom. The standard InChI is InChI=1S/C25H33ClN4O/c1-28-16-18-29(19-17-28)14-8-13-25-27-22-10-3-4-11-23(22)30(25)15-6-7-20-31-24-12-5-2-9-21(24)26/h2-5,9-12H,6-8,13-20H2,1H3. The second-order valence-electron chi connectivity index (χ2n) is 8.40. The number of ether oxygens (including phenoxy) is 1. The smallest absolute Gasteiger partial charge is 0.137 e. The molecule has 0 N–H and O–H groups in total. The van der Waals surface area contributed by atoms with E-state index in [0.717, 1.165) is 50.0 Å². The minimum absolute atomic E-state index is 0.672. The van der Waals surface area contributed by atoms with Gasteiger partial charge in [0.1, 0.15) is 11.6 Å². The van der Waals surface area contributed by atoms with E-state index in [1.54, 1.807) is 0 Å². The summed E-state index contributed by atoms with van der Waals surface area (Å²) in [5.41, 5.74) is 2.34. The molecule has 1 saturated heterocycles. The molecule has 1 aliphatic heterocycles. The first-order chi connectivity index (χ1) is 15.2. The quantitative estimate of drug-likeness (QED) is 0.427. The Morgan fingerprint density at radius 2 is 1.68 bits per heavy atom. The van der Waals surface area contributed by atoms with Gasteiger partial charge in [-0.2, -0.15) is 0 Å². The summed E-state index contributed by atoms with van der Waals surface area (Å²) in [6, 6.07) is 16.1. The van der Waals surface area contributed by atoms with Crippen molar-refractivity contribution >= 4 is 22.6 Å². The highest BCUT2D eigenvalue weighted by Gasteiger charge is 2.15. The number of fused-ring (bicyclic) bond motifs is 1. The van der Waals surface area contributed by atoms with Crippen LogP contribution < -0.4 is 4.74 Å². The monoisotopic (exact) mass is 440 g/mol. The lowest BCUT2D eigenvalue weighted by atomic mass is 10.2. The number of rotatable bonds is 10. The van der Waals surface area contributed by atoms with Crippen molar-refractivity contribution in [1.29, 1.82) is 0 Å². The van der Waals surface area contributed by atoms with Crippen molar-refractivity contribution in [3.63, 3.8) is 0 Å². The van der Waals surface area contributed by atoms with Crippen LogP contribution in [0.25, 0.3) is 11.0 Å². The summed E-state index contributed by atoms with van der Waals surface area (Å²) >= 11 is 6.17. The van der Waals surface area contributed by atoms with Crippen LogP contribution in [-0.4, -0.2) is 65.7 Å². The molecule has 3 aromatic rings. The number of benzene rings is 2. The molecule has 5 nitrogen and oxygen atoms in total. The molecule has 0 aliphatic carbocycles. The Balaban J connectivity index is 1.30. The van der Waals surface area contributed by atoms with E-state index in [2.05, 4.69) is 45.7 Å². The van der Waals surface area contributed by atoms with Gasteiger partial charge in [-0.05, 0) is 57.1 Å². The van der Waals surface area contributed by atoms with Crippen LogP contribution in [0.2, 0.25) is 5.02 Å². The lowest BCUT2D eigenvalue weighted by Crippen LogP contribution is -2.44. The van der Waals surface area contributed by atoms with Crippen LogP contribution in [0.15, 0.2) is 48.5 Å². The number of para-hydroxylation sites is 3. The van der Waals surface area contributed by atoms with Crippen LogP contribution in [0.5, 0.6) is 5.75 Å².